The second-order valence-electron chi connectivity index (χ2n) is 8.56. The number of rotatable bonds is 6. The molecule has 2 aliphatic rings. The van der Waals surface area contributed by atoms with Crippen LogP contribution in [0.2, 0.25) is 5.02 Å². The molecule has 8 heteroatoms. The largest absolute Gasteiger partial charge is 0.454 e. The second kappa shape index (κ2) is 9.85. The quantitative estimate of drug-likeness (QED) is 0.365. The minimum absolute atomic E-state index is 0.166. The van der Waals surface area contributed by atoms with Gasteiger partial charge >= 0.3 is 5.97 Å². The highest BCUT2D eigenvalue weighted by molar-refractivity contribution is 6.34. The van der Waals surface area contributed by atoms with E-state index in [-0.39, 0.29) is 29.4 Å². The molecule has 2 fully saturated rings. The number of amides is 2. The lowest BCUT2D eigenvalue weighted by atomic mass is 9.98. The number of hydrogen-bond donors (Lipinski definition) is 0. The molecule has 0 radical (unpaired) electrons. The van der Waals surface area contributed by atoms with E-state index in [4.69, 9.17) is 16.3 Å². The van der Waals surface area contributed by atoms with Crippen molar-refractivity contribution in [2.24, 2.45) is 5.92 Å². The van der Waals surface area contributed by atoms with Crippen LogP contribution in [0.4, 0.5) is 5.69 Å². The van der Waals surface area contributed by atoms with Crippen molar-refractivity contribution in [3.8, 4) is 0 Å². The highest BCUT2D eigenvalue weighted by atomic mass is 35.5. The number of likely N-dealkylation sites (tertiary alicyclic amines) is 1. The van der Waals surface area contributed by atoms with Gasteiger partial charge in [0.1, 0.15) is 0 Å². The van der Waals surface area contributed by atoms with Crippen molar-refractivity contribution < 1.29 is 23.9 Å². The first kappa shape index (κ1) is 23.1. The van der Waals surface area contributed by atoms with Crippen molar-refractivity contribution in [1.29, 1.82) is 0 Å². The summed E-state index contributed by atoms with van der Waals surface area (Å²) in [5, 5.41) is 0.292. The van der Waals surface area contributed by atoms with Crippen molar-refractivity contribution in [1.82, 2.24) is 4.90 Å². The Balaban J connectivity index is 1.39. The van der Waals surface area contributed by atoms with Crippen LogP contribution < -0.4 is 4.90 Å². The number of imide groups is 1. The normalized spacial score (nSPS) is 21.3. The lowest BCUT2D eigenvalue weighted by Crippen LogP contribution is -2.46. The Bertz CT molecular complexity index is 1080. The van der Waals surface area contributed by atoms with Gasteiger partial charge in [0.05, 0.1) is 28.7 Å². The minimum atomic E-state index is -0.679. The van der Waals surface area contributed by atoms with Crippen LogP contribution in [0.3, 0.4) is 0 Å². The summed E-state index contributed by atoms with van der Waals surface area (Å²) in [5.41, 5.74) is 0.915. The fourth-order valence-corrected chi connectivity index (χ4v) is 4.65. The van der Waals surface area contributed by atoms with E-state index in [9.17, 15) is 19.2 Å². The summed E-state index contributed by atoms with van der Waals surface area (Å²) in [6, 6.07) is 12.2. The molecule has 2 heterocycles. The van der Waals surface area contributed by atoms with Gasteiger partial charge in [-0.1, -0.05) is 30.7 Å². The molecule has 2 aromatic carbocycles. The Labute approximate surface area is 197 Å². The zero-order valence-electron chi connectivity index (χ0n) is 18.3. The molecule has 2 saturated heterocycles. The van der Waals surface area contributed by atoms with E-state index < -0.39 is 24.4 Å². The Morgan fingerprint density at radius 3 is 2.52 bits per heavy atom. The van der Waals surface area contributed by atoms with Gasteiger partial charge in [-0.2, -0.15) is 0 Å². The molecule has 172 valence electrons. The van der Waals surface area contributed by atoms with E-state index in [2.05, 4.69) is 11.8 Å². The fraction of sp³-hybridized carbons (Fsp3) is 0.360. The predicted molar refractivity (Wildman–Crippen MR) is 123 cm³/mol. The second-order valence-corrected chi connectivity index (χ2v) is 8.96. The average molecular weight is 469 g/mol. The molecule has 4 rings (SSSR count). The zero-order valence-corrected chi connectivity index (χ0v) is 19.1. The number of ketones is 1. The van der Waals surface area contributed by atoms with Crippen LogP contribution in [0.1, 0.15) is 46.9 Å². The van der Waals surface area contributed by atoms with Gasteiger partial charge in [-0.3, -0.25) is 19.3 Å². The third kappa shape index (κ3) is 4.99. The molecule has 2 amide bonds. The van der Waals surface area contributed by atoms with Crippen LogP contribution in [0.25, 0.3) is 0 Å². The summed E-state index contributed by atoms with van der Waals surface area (Å²) in [5.74, 6) is -1.05. The van der Waals surface area contributed by atoms with Gasteiger partial charge in [-0.25, -0.2) is 9.69 Å². The highest BCUT2D eigenvalue weighted by Gasteiger charge is 2.43. The molecule has 0 spiro atoms. The van der Waals surface area contributed by atoms with E-state index in [0.29, 0.717) is 16.6 Å². The van der Waals surface area contributed by atoms with Crippen LogP contribution in [-0.2, 0) is 14.3 Å². The van der Waals surface area contributed by atoms with Crippen LogP contribution in [-0.4, -0.2) is 54.2 Å². The number of halogens is 1. The van der Waals surface area contributed by atoms with E-state index in [1.165, 1.54) is 17.0 Å². The third-order valence-electron chi connectivity index (χ3n) is 6.12. The molecule has 33 heavy (non-hydrogen) atoms. The number of nitrogens with zero attached hydrogens (tertiary/aromatic N) is 2. The van der Waals surface area contributed by atoms with Crippen LogP contribution in [0, 0.1) is 5.92 Å². The SMILES string of the molecule is CC1CCCN(C2CC(=O)N(c3ccc(C(=O)OCC(=O)c4ccccc4Cl)cc3)C2=O)C1. The number of piperidine rings is 1. The van der Waals surface area contributed by atoms with E-state index in [1.807, 2.05) is 0 Å². The number of esters is 1. The van der Waals surface area contributed by atoms with Gasteiger partial charge in [0.15, 0.2) is 6.61 Å². The van der Waals surface area contributed by atoms with Crippen LogP contribution in [0.5, 0.6) is 0 Å². The number of hydrogen-bond acceptors (Lipinski definition) is 6. The van der Waals surface area contributed by atoms with E-state index in [1.54, 1.807) is 36.4 Å². The number of ether oxygens (including phenoxy) is 1. The van der Waals surface area contributed by atoms with Gasteiger partial charge in [-0.05, 0) is 61.7 Å². The third-order valence-corrected chi connectivity index (χ3v) is 6.45. The number of anilines is 1. The van der Waals surface area contributed by atoms with E-state index in [0.717, 1.165) is 25.9 Å². The molecule has 2 unspecified atom stereocenters. The molecule has 2 atom stereocenters. The first-order chi connectivity index (χ1) is 15.8. The minimum Gasteiger partial charge on any atom is -0.454 e. The number of benzene rings is 2. The molecule has 0 aliphatic carbocycles. The lowest BCUT2D eigenvalue weighted by Gasteiger charge is -2.34. The van der Waals surface area contributed by atoms with Crippen molar-refractivity contribution >= 4 is 40.9 Å². The summed E-state index contributed by atoms with van der Waals surface area (Å²) in [6.07, 6.45) is 2.32. The lowest BCUT2D eigenvalue weighted by molar-refractivity contribution is -0.123. The molecule has 0 N–H and O–H groups in total. The molecule has 2 aromatic rings. The summed E-state index contributed by atoms with van der Waals surface area (Å²) in [4.78, 5) is 53.5. The Morgan fingerprint density at radius 2 is 1.82 bits per heavy atom. The van der Waals surface area contributed by atoms with Crippen molar-refractivity contribution in [2.45, 2.75) is 32.2 Å². The van der Waals surface area contributed by atoms with Crippen LogP contribution in [0.15, 0.2) is 48.5 Å². The first-order valence-corrected chi connectivity index (χ1v) is 11.4. The summed E-state index contributed by atoms with van der Waals surface area (Å²) in [7, 11) is 0. The van der Waals surface area contributed by atoms with E-state index >= 15 is 0 Å². The first-order valence-electron chi connectivity index (χ1n) is 11.0. The van der Waals surface area contributed by atoms with Crippen molar-refractivity contribution in [3.63, 3.8) is 0 Å². The monoisotopic (exact) mass is 468 g/mol. The predicted octanol–water partition coefficient (Wildman–Crippen LogP) is 3.74. The standard InChI is InChI=1S/C25H25ClN2O5/c1-16-5-4-12-27(14-16)21-13-23(30)28(24(21)31)18-10-8-17(9-11-18)25(32)33-15-22(29)19-6-2-3-7-20(19)26/h2-3,6-11,16,21H,4-5,12-15H2,1H3. The molecule has 0 saturated carbocycles. The summed E-state index contributed by atoms with van der Waals surface area (Å²) >= 11 is 6.00. The highest BCUT2D eigenvalue weighted by Crippen LogP contribution is 2.29. The maximum Gasteiger partial charge on any atom is 0.338 e. The maximum atomic E-state index is 13.0. The summed E-state index contributed by atoms with van der Waals surface area (Å²) in [6.45, 7) is 3.35. The fourth-order valence-electron chi connectivity index (χ4n) is 4.41. The zero-order chi connectivity index (χ0) is 23.5. The number of carbonyl (C=O) groups is 4. The Morgan fingerprint density at radius 1 is 1.09 bits per heavy atom. The number of Topliss-reactive ketones (excluding diaryl/α,β-unsaturated/α-hetero) is 1. The molecular weight excluding hydrogens is 444 g/mol. The van der Waals surface area contributed by atoms with Gasteiger partial charge in [0.25, 0.3) is 5.91 Å². The smallest absolute Gasteiger partial charge is 0.338 e. The number of carbonyl (C=O) groups excluding carboxylic acids is 4. The van der Waals surface area contributed by atoms with Gasteiger partial charge in [0, 0.05) is 12.1 Å². The topological polar surface area (TPSA) is 84.0 Å². The summed E-state index contributed by atoms with van der Waals surface area (Å²) < 4.78 is 5.11. The van der Waals surface area contributed by atoms with Gasteiger partial charge in [0.2, 0.25) is 11.7 Å². The maximum absolute atomic E-state index is 13.0. The van der Waals surface area contributed by atoms with Gasteiger partial charge < -0.3 is 4.74 Å². The Hall–Kier alpha value is -3.03. The Kier molecular flexibility index (Phi) is 6.91. The van der Waals surface area contributed by atoms with Gasteiger partial charge in [-0.15, -0.1) is 0 Å². The van der Waals surface area contributed by atoms with Crippen LogP contribution >= 0.6 is 11.6 Å². The molecule has 0 bridgehead atoms. The molecule has 0 aromatic heterocycles. The van der Waals surface area contributed by atoms with Crippen molar-refractivity contribution in [2.75, 3.05) is 24.6 Å². The average Bonchev–Trinajstić information content (AvgIpc) is 3.11. The van der Waals surface area contributed by atoms with Crippen molar-refractivity contribution in [3.05, 3.63) is 64.7 Å². The molecule has 7 nitrogen and oxygen atoms in total. The molecular formula is C25H25ClN2O5. The molecule has 2 aliphatic heterocycles.